The Morgan fingerprint density at radius 1 is 1.14 bits per heavy atom. The van der Waals surface area contributed by atoms with Crippen LogP contribution in [0.25, 0.3) is 0 Å². The molecular weight excluding hydrogens is 494 g/mol. The highest BCUT2D eigenvalue weighted by Gasteiger charge is 2.35. The molecule has 0 radical (unpaired) electrons. The molecule has 5 rings (SSSR count). The zero-order valence-electron chi connectivity index (χ0n) is 21.5. The minimum atomic E-state index is -3.54. The number of hydrogen-bond acceptors (Lipinski definition) is 7. The van der Waals surface area contributed by atoms with Gasteiger partial charge in [-0.2, -0.15) is 0 Å². The number of aryl methyl sites for hydroxylation is 2. The number of nitrogens with zero attached hydrogens (tertiary/aromatic N) is 5. The number of ether oxygens (including phenoxy) is 1. The molecule has 3 saturated heterocycles. The van der Waals surface area contributed by atoms with Gasteiger partial charge in [0.25, 0.3) is 5.91 Å². The van der Waals surface area contributed by atoms with E-state index in [1.54, 1.807) is 30.0 Å². The van der Waals surface area contributed by atoms with E-state index in [1.807, 2.05) is 6.20 Å². The van der Waals surface area contributed by atoms with Crippen molar-refractivity contribution in [1.82, 2.24) is 9.88 Å². The van der Waals surface area contributed by atoms with E-state index in [4.69, 9.17) is 4.74 Å². The fourth-order valence-corrected chi connectivity index (χ4v) is 6.81. The van der Waals surface area contributed by atoms with Gasteiger partial charge >= 0.3 is 6.09 Å². The quantitative estimate of drug-likeness (QED) is 0.589. The lowest BCUT2D eigenvalue weighted by molar-refractivity contribution is 0.0747. The van der Waals surface area contributed by atoms with Crippen LogP contribution in [0.1, 0.15) is 41.8 Å². The summed E-state index contributed by atoms with van der Waals surface area (Å²) in [6.07, 6.45) is 2.59. The van der Waals surface area contributed by atoms with Crippen molar-refractivity contribution in [1.29, 1.82) is 0 Å². The smallest absolute Gasteiger partial charge is 0.414 e. The van der Waals surface area contributed by atoms with E-state index >= 15 is 0 Å². The lowest BCUT2D eigenvalue weighted by Crippen LogP contribution is -2.49. The Morgan fingerprint density at radius 2 is 1.89 bits per heavy atom. The number of aromatic nitrogens is 1. The van der Waals surface area contributed by atoms with Crippen molar-refractivity contribution in [2.24, 2.45) is 0 Å². The zero-order chi connectivity index (χ0) is 26.3. The molecule has 0 N–H and O–H groups in total. The Bertz CT molecular complexity index is 1320. The summed E-state index contributed by atoms with van der Waals surface area (Å²) in [4.78, 5) is 36.1. The largest absolute Gasteiger partial charge is 0.444 e. The lowest BCUT2D eigenvalue weighted by Gasteiger charge is -2.36. The molecule has 0 spiro atoms. The Labute approximate surface area is 217 Å². The first-order chi connectivity index (χ1) is 17.7. The average Bonchev–Trinajstić information content (AvgIpc) is 3.42. The Morgan fingerprint density at radius 3 is 2.49 bits per heavy atom. The number of sulfonamides is 1. The summed E-state index contributed by atoms with van der Waals surface area (Å²) in [6, 6.07) is 7.12. The number of carbonyl (C=O) groups excluding carboxylic acids is 2. The molecule has 3 aliphatic heterocycles. The van der Waals surface area contributed by atoms with Gasteiger partial charge in [0.1, 0.15) is 11.9 Å². The second-order valence-corrected chi connectivity index (χ2v) is 11.9. The van der Waals surface area contributed by atoms with Gasteiger partial charge in [0.15, 0.2) is 0 Å². The molecule has 2 amide bonds. The van der Waals surface area contributed by atoms with E-state index in [2.05, 4.69) is 29.8 Å². The molecular formula is C26H33N5O5S. The first kappa shape index (κ1) is 25.3. The third-order valence-corrected chi connectivity index (χ3v) is 9.09. The van der Waals surface area contributed by atoms with Crippen LogP contribution in [0.4, 0.5) is 22.0 Å². The minimum Gasteiger partial charge on any atom is -0.444 e. The van der Waals surface area contributed by atoms with Crippen LogP contribution < -0.4 is 14.1 Å². The zero-order valence-corrected chi connectivity index (χ0v) is 22.3. The van der Waals surface area contributed by atoms with Crippen LogP contribution in [0, 0.1) is 6.92 Å². The molecule has 11 heteroatoms. The number of hydrogen-bond donors (Lipinski definition) is 0. The van der Waals surface area contributed by atoms with Crippen molar-refractivity contribution >= 4 is 39.2 Å². The molecule has 1 atom stereocenters. The molecule has 0 aliphatic carbocycles. The first-order valence-corrected chi connectivity index (χ1v) is 14.4. The fourth-order valence-electron chi connectivity index (χ4n) is 5.24. The second kappa shape index (κ2) is 9.85. The van der Waals surface area contributed by atoms with Crippen molar-refractivity contribution in [2.75, 3.05) is 59.1 Å². The standard InChI is InChI=1S/C26H33N5O5S/c1-4-20-14-18(2)24(27-16-20)28-9-11-29(12-10-28)25(32)22-7-6-21(30-17-19(3)36-26(30)33)15-23(22)31-8-5-13-37(31,34)35/h6-7,14-16,19H,4-5,8-13,17H2,1-3H3. The topological polar surface area (TPSA) is 103 Å². The average molecular weight is 528 g/mol. The second-order valence-electron chi connectivity index (χ2n) is 9.87. The van der Waals surface area contributed by atoms with Crippen LogP contribution >= 0.6 is 0 Å². The molecule has 37 heavy (non-hydrogen) atoms. The number of piperazine rings is 1. The number of anilines is 3. The summed E-state index contributed by atoms with van der Waals surface area (Å²) in [5.74, 6) is 0.756. The van der Waals surface area contributed by atoms with Gasteiger partial charge in [-0.15, -0.1) is 0 Å². The molecule has 4 heterocycles. The number of rotatable bonds is 5. The van der Waals surface area contributed by atoms with Gasteiger partial charge in [0.05, 0.1) is 23.5 Å². The van der Waals surface area contributed by atoms with Gasteiger partial charge < -0.3 is 14.5 Å². The Balaban J connectivity index is 1.39. The normalized spacial score (nSPS) is 21.5. The molecule has 3 fully saturated rings. The third kappa shape index (κ3) is 4.84. The van der Waals surface area contributed by atoms with Crippen molar-refractivity contribution in [3.63, 3.8) is 0 Å². The van der Waals surface area contributed by atoms with Crippen molar-refractivity contribution < 1.29 is 22.7 Å². The van der Waals surface area contributed by atoms with E-state index in [0.29, 0.717) is 62.6 Å². The molecule has 1 aromatic heterocycles. The van der Waals surface area contributed by atoms with Crippen molar-refractivity contribution in [2.45, 2.75) is 39.7 Å². The van der Waals surface area contributed by atoms with Crippen molar-refractivity contribution in [3.05, 3.63) is 47.2 Å². The Hall–Kier alpha value is -3.34. The Kier molecular flexibility index (Phi) is 6.74. The molecule has 0 saturated carbocycles. The highest BCUT2D eigenvalue weighted by molar-refractivity contribution is 7.93. The van der Waals surface area contributed by atoms with Crippen LogP contribution in [-0.4, -0.2) is 81.4 Å². The highest BCUT2D eigenvalue weighted by Crippen LogP contribution is 2.34. The molecule has 0 bridgehead atoms. The summed E-state index contributed by atoms with van der Waals surface area (Å²) in [6.45, 7) is 8.91. The summed E-state index contributed by atoms with van der Waals surface area (Å²) in [5.41, 5.74) is 3.47. The summed E-state index contributed by atoms with van der Waals surface area (Å²) in [5, 5.41) is 0. The SMILES string of the molecule is CCc1cnc(N2CCN(C(=O)c3ccc(N4CC(C)OC4=O)cc3N3CCCS3(=O)=O)CC2)c(C)c1. The number of carbonyl (C=O) groups is 2. The predicted octanol–water partition coefficient (Wildman–Crippen LogP) is 2.80. The van der Waals surface area contributed by atoms with Gasteiger partial charge in [-0.05, 0) is 56.0 Å². The summed E-state index contributed by atoms with van der Waals surface area (Å²) >= 11 is 0. The fraction of sp³-hybridized carbons (Fsp3) is 0.500. The van der Waals surface area contributed by atoms with E-state index in [9.17, 15) is 18.0 Å². The van der Waals surface area contributed by atoms with E-state index < -0.39 is 16.1 Å². The predicted molar refractivity (Wildman–Crippen MR) is 142 cm³/mol. The number of amides is 2. The number of pyridine rings is 1. The van der Waals surface area contributed by atoms with Crippen LogP contribution in [0.15, 0.2) is 30.5 Å². The van der Waals surface area contributed by atoms with Gasteiger partial charge in [-0.1, -0.05) is 13.0 Å². The van der Waals surface area contributed by atoms with Crippen LogP contribution in [-0.2, 0) is 21.2 Å². The van der Waals surface area contributed by atoms with E-state index in [-0.39, 0.29) is 17.8 Å². The summed E-state index contributed by atoms with van der Waals surface area (Å²) < 4.78 is 32.2. The van der Waals surface area contributed by atoms with Gasteiger partial charge in [0, 0.05) is 44.6 Å². The lowest BCUT2D eigenvalue weighted by atomic mass is 10.1. The molecule has 3 aliphatic rings. The number of cyclic esters (lactones) is 1. The molecule has 1 unspecified atom stereocenters. The highest BCUT2D eigenvalue weighted by atomic mass is 32.2. The van der Waals surface area contributed by atoms with Crippen LogP contribution in [0.2, 0.25) is 0 Å². The molecule has 2 aromatic rings. The molecule has 1 aromatic carbocycles. The maximum atomic E-state index is 13.7. The minimum absolute atomic E-state index is 0.0372. The maximum absolute atomic E-state index is 13.7. The van der Waals surface area contributed by atoms with Crippen LogP contribution in [0.5, 0.6) is 0 Å². The third-order valence-electron chi connectivity index (χ3n) is 7.24. The van der Waals surface area contributed by atoms with Crippen molar-refractivity contribution in [3.8, 4) is 0 Å². The monoisotopic (exact) mass is 527 g/mol. The van der Waals surface area contributed by atoms with Gasteiger partial charge in [-0.25, -0.2) is 18.2 Å². The van der Waals surface area contributed by atoms with Crippen LogP contribution in [0.3, 0.4) is 0 Å². The van der Waals surface area contributed by atoms with Gasteiger partial charge in [-0.3, -0.25) is 14.0 Å². The first-order valence-electron chi connectivity index (χ1n) is 12.8. The van der Waals surface area contributed by atoms with E-state index in [0.717, 1.165) is 17.8 Å². The molecule has 198 valence electrons. The van der Waals surface area contributed by atoms with E-state index in [1.165, 1.54) is 14.8 Å². The van der Waals surface area contributed by atoms with Gasteiger partial charge in [0.2, 0.25) is 10.0 Å². The maximum Gasteiger partial charge on any atom is 0.414 e. The number of benzene rings is 1. The molecule has 10 nitrogen and oxygen atoms in total. The summed E-state index contributed by atoms with van der Waals surface area (Å²) in [7, 11) is -3.54.